The van der Waals surface area contributed by atoms with Crippen LogP contribution in [0, 0.1) is 5.92 Å². The SMILES string of the molecule is CCN(CCO)C1CCCCC1C. The first-order valence-electron chi connectivity index (χ1n) is 5.64. The highest BCUT2D eigenvalue weighted by atomic mass is 16.3. The van der Waals surface area contributed by atoms with Crippen molar-refractivity contribution < 1.29 is 5.11 Å². The highest BCUT2D eigenvalue weighted by Crippen LogP contribution is 2.27. The molecule has 2 atom stereocenters. The maximum absolute atomic E-state index is 8.94. The number of hydrogen-bond donors (Lipinski definition) is 1. The molecule has 2 nitrogen and oxygen atoms in total. The Hall–Kier alpha value is -0.0800. The van der Waals surface area contributed by atoms with Crippen LogP contribution in [0.4, 0.5) is 0 Å². The summed E-state index contributed by atoms with van der Waals surface area (Å²) in [5.74, 6) is 0.820. The van der Waals surface area contributed by atoms with Gasteiger partial charge in [0.25, 0.3) is 0 Å². The van der Waals surface area contributed by atoms with E-state index < -0.39 is 0 Å². The molecular weight excluding hydrogens is 162 g/mol. The van der Waals surface area contributed by atoms with Crippen LogP contribution < -0.4 is 0 Å². The smallest absolute Gasteiger partial charge is 0.0558 e. The fourth-order valence-electron chi connectivity index (χ4n) is 2.53. The van der Waals surface area contributed by atoms with Gasteiger partial charge in [-0.25, -0.2) is 0 Å². The van der Waals surface area contributed by atoms with Gasteiger partial charge < -0.3 is 5.11 Å². The van der Waals surface area contributed by atoms with Gasteiger partial charge in [0.1, 0.15) is 0 Å². The Morgan fingerprint density at radius 1 is 1.31 bits per heavy atom. The van der Waals surface area contributed by atoms with Crippen LogP contribution in [0.5, 0.6) is 0 Å². The van der Waals surface area contributed by atoms with Gasteiger partial charge in [-0.2, -0.15) is 0 Å². The van der Waals surface area contributed by atoms with Crippen molar-refractivity contribution in [3.63, 3.8) is 0 Å². The van der Waals surface area contributed by atoms with E-state index in [0.29, 0.717) is 6.61 Å². The van der Waals surface area contributed by atoms with Crippen LogP contribution in [0.25, 0.3) is 0 Å². The Morgan fingerprint density at radius 3 is 2.54 bits per heavy atom. The summed E-state index contributed by atoms with van der Waals surface area (Å²) in [6.07, 6.45) is 5.47. The van der Waals surface area contributed by atoms with Crippen molar-refractivity contribution in [3.8, 4) is 0 Å². The fraction of sp³-hybridized carbons (Fsp3) is 1.00. The molecule has 1 saturated carbocycles. The van der Waals surface area contributed by atoms with Crippen LogP contribution in [0.1, 0.15) is 39.5 Å². The predicted molar refractivity (Wildman–Crippen MR) is 55.8 cm³/mol. The Morgan fingerprint density at radius 2 is 2.00 bits per heavy atom. The Bertz CT molecular complexity index is 138. The van der Waals surface area contributed by atoms with E-state index in [9.17, 15) is 0 Å². The third-order valence-corrected chi connectivity index (χ3v) is 3.33. The molecule has 1 N–H and O–H groups in total. The van der Waals surface area contributed by atoms with E-state index in [1.807, 2.05) is 0 Å². The molecule has 0 bridgehead atoms. The molecule has 0 aromatic carbocycles. The first-order chi connectivity index (χ1) is 6.29. The minimum atomic E-state index is 0.303. The lowest BCUT2D eigenvalue weighted by Gasteiger charge is -2.37. The van der Waals surface area contributed by atoms with Crippen LogP contribution in [-0.4, -0.2) is 35.7 Å². The van der Waals surface area contributed by atoms with Gasteiger partial charge in [-0.05, 0) is 25.3 Å². The van der Waals surface area contributed by atoms with E-state index in [4.69, 9.17) is 5.11 Å². The molecule has 0 aromatic heterocycles. The summed E-state index contributed by atoms with van der Waals surface area (Å²) in [6.45, 7) is 6.78. The van der Waals surface area contributed by atoms with Crippen LogP contribution >= 0.6 is 0 Å². The molecule has 2 heteroatoms. The van der Waals surface area contributed by atoms with E-state index in [0.717, 1.165) is 25.0 Å². The summed E-state index contributed by atoms with van der Waals surface area (Å²) in [6, 6.07) is 0.728. The molecule has 2 unspecified atom stereocenters. The first kappa shape index (κ1) is 11.0. The van der Waals surface area contributed by atoms with Crippen LogP contribution in [-0.2, 0) is 0 Å². The summed E-state index contributed by atoms with van der Waals surface area (Å²) in [5, 5.41) is 8.94. The number of aliphatic hydroxyl groups excluding tert-OH is 1. The van der Waals surface area contributed by atoms with Crippen molar-refractivity contribution in [1.82, 2.24) is 4.90 Å². The monoisotopic (exact) mass is 185 g/mol. The van der Waals surface area contributed by atoms with Gasteiger partial charge in [-0.1, -0.05) is 26.7 Å². The molecule has 0 heterocycles. The predicted octanol–water partition coefficient (Wildman–Crippen LogP) is 1.88. The normalized spacial score (nSPS) is 29.5. The van der Waals surface area contributed by atoms with Crippen LogP contribution in [0.15, 0.2) is 0 Å². The van der Waals surface area contributed by atoms with Gasteiger partial charge in [0, 0.05) is 12.6 Å². The average Bonchev–Trinajstić information content (AvgIpc) is 2.16. The van der Waals surface area contributed by atoms with Crippen LogP contribution in [0.3, 0.4) is 0 Å². The summed E-state index contributed by atoms with van der Waals surface area (Å²) in [7, 11) is 0. The molecule has 1 rings (SSSR count). The number of aliphatic hydroxyl groups is 1. The van der Waals surface area contributed by atoms with Gasteiger partial charge >= 0.3 is 0 Å². The Balaban J connectivity index is 2.44. The summed E-state index contributed by atoms with van der Waals surface area (Å²) < 4.78 is 0. The number of hydrogen-bond acceptors (Lipinski definition) is 2. The highest BCUT2D eigenvalue weighted by Gasteiger charge is 2.25. The summed E-state index contributed by atoms with van der Waals surface area (Å²) in [4.78, 5) is 2.43. The van der Waals surface area contributed by atoms with E-state index in [1.165, 1.54) is 25.7 Å². The number of nitrogens with zero attached hydrogens (tertiary/aromatic N) is 1. The topological polar surface area (TPSA) is 23.5 Å². The summed E-state index contributed by atoms with van der Waals surface area (Å²) >= 11 is 0. The quantitative estimate of drug-likeness (QED) is 0.723. The average molecular weight is 185 g/mol. The molecule has 0 amide bonds. The van der Waals surface area contributed by atoms with E-state index in [2.05, 4.69) is 18.7 Å². The third kappa shape index (κ3) is 2.96. The third-order valence-electron chi connectivity index (χ3n) is 3.33. The second-order valence-electron chi connectivity index (χ2n) is 4.18. The highest BCUT2D eigenvalue weighted by molar-refractivity contribution is 4.80. The largest absolute Gasteiger partial charge is 0.395 e. The maximum Gasteiger partial charge on any atom is 0.0558 e. The lowest BCUT2D eigenvalue weighted by atomic mass is 9.85. The summed E-state index contributed by atoms with van der Waals surface area (Å²) in [5.41, 5.74) is 0. The zero-order chi connectivity index (χ0) is 9.68. The van der Waals surface area contributed by atoms with Crippen LogP contribution in [0.2, 0.25) is 0 Å². The van der Waals surface area contributed by atoms with Crippen molar-refractivity contribution in [2.24, 2.45) is 5.92 Å². The minimum absolute atomic E-state index is 0.303. The Labute approximate surface area is 81.9 Å². The number of rotatable bonds is 4. The van der Waals surface area contributed by atoms with Crippen molar-refractivity contribution in [1.29, 1.82) is 0 Å². The maximum atomic E-state index is 8.94. The van der Waals surface area contributed by atoms with Gasteiger partial charge in [0.05, 0.1) is 6.61 Å². The van der Waals surface area contributed by atoms with Gasteiger partial charge in [0.15, 0.2) is 0 Å². The molecule has 0 aliphatic heterocycles. The fourth-order valence-corrected chi connectivity index (χ4v) is 2.53. The molecule has 0 spiro atoms. The minimum Gasteiger partial charge on any atom is -0.395 e. The molecule has 1 aliphatic carbocycles. The van der Waals surface area contributed by atoms with E-state index in [1.54, 1.807) is 0 Å². The van der Waals surface area contributed by atoms with Crippen molar-refractivity contribution in [3.05, 3.63) is 0 Å². The van der Waals surface area contributed by atoms with E-state index in [-0.39, 0.29) is 0 Å². The second-order valence-corrected chi connectivity index (χ2v) is 4.18. The Kier molecular flexibility index (Phi) is 4.74. The lowest BCUT2D eigenvalue weighted by Crippen LogP contribution is -2.42. The molecule has 0 saturated heterocycles. The standard InChI is InChI=1S/C11H23NO/c1-3-12(8-9-13)11-7-5-4-6-10(11)2/h10-11,13H,3-9H2,1-2H3. The van der Waals surface area contributed by atoms with Gasteiger partial charge in [-0.3, -0.25) is 4.90 Å². The zero-order valence-corrected chi connectivity index (χ0v) is 9.00. The van der Waals surface area contributed by atoms with Gasteiger partial charge in [-0.15, -0.1) is 0 Å². The van der Waals surface area contributed by atoms with Crippen molar-refractivity contribution >= 4 is 0 Å². The van der Waals surface area contributed by atoms with Gasteiger partial charge in [0.2, 0.25) is 0 Å². The van der Waals surface area contributed by atoms with E-state index >= 15 is 0 Å². The van der Waals surface area contributed by atoms with Crippen molar-refractivity contribution in [2.75, 3.05) is 19.7 Å². The molecule has 1 fully saturated rings. The first-order valence-corrected chi connectivity index (χ1v) is 5.64. The molecule has 13 heavy (non-hydrogen) atoms. The molecule has 0 aromatic rings. The molecule has 1 aliphatic rings. The molecule has 78 valence electrons. The lowest BCUT2D eigenvalue weighted by molar-refractivity contribution is 0.0954. The second kappa shape index (κ2) is 5.61. The molecule has 0 radical (unpaired) electrons. The zero-order valence-electron chi connectivity index (χ0n) is 9.00. The van der Waals surface area contributed by atoms with Crippen molar-refractivity contribution in [2.45, 2.75) is 45.6 Å². The number of likely N-dealkylation sites (N-methyl/N-ethyl adjacent to an activating group) is 1. The molecular formula is C11H23NO.